The molecule has 1 aliphatic heterocycles. The van der Waals surface area contributed by atoms with Gasteiger partial charge >= 0.3 is 0 Å². The number of aliphatic hydroxyl groups excluding tert-OH is 1. The zero-order chi connectivity index (χ0) is 12.3. The van der Waals surface area contributed by atoms with Crippen LogP contribution in [-0.2, 0) is 0 Å². The first kappa shape index (κ1) is 12.6. The Morgan fingerprint density at radius 3 is 3.06 bits per heavy atom. The van der Waals surface area contributed by atoms with Gasteiger partial charge in [0.1, 0.15) is 14.0 Å². The van der Waals surface area contributed by atoms with Gasteiger partial charge in [0.2, 0.25) is 0 Å². The summed E-state index contributed by atoms with van der Waals surface area (Å²) >= 11 is 1.85. The fourth-order valence-corrected chi connectivity index (χ4v) is 2.56. The number of hydrogen-bond acceptors (Lipinski definition) is 4. The van der Waals surface area contributed by atoms with Crippen molar-refractivity contribution >= 4 is 36.4 Å². The normalized spacial score (nSPS) is 18.0. The molecular formula is C12H17BN2OS. The minimum absolute atomic E-state index is 0.0198. The second-order valence-electron chi connectivity index (χ2n) is 4.16. The predicted molar refractivity (Wildman–Crippen MR) is 76.7 cm³/mol. The molecule has 1 aromatic rings. The third-order valence-electron chi connectivity index (χ3n) is 2.95. The molecule has 0 amide bonds. The lowest BCUT2D eigenvalue weighted by Gasteiger charge is -2.25. The van der Waals surface area contributed by atoms with Crippen molar-refractivity contribution in [2.45, 2.75) is 12.6 Å². The smallest absolute Gasteiger partial charge is 0.123 e. The van der Waals surface area contributed by atoms with Gasteiger partial charge in [0.15, 0.2) is 0 Å². The van der Waals surface area contributed by atoms with Gasteiger partial charge in [-0.15, -0.1) is 0 Å². The number of benzene rings is 1. The lowest BCUT2D eigenvalue weighted by atomic mass is 9.95. The van der Waals surface area contributed by atoms with E-state index in [1.165, 1.54) is 0 Å². The van der Waals surface area contributed by atoms with Gasteiger partial charge in [0.05, 0.1) is 18.0 Å². The molecule has 2 radical (unpaired) electrons. The number of fused-ring (bicyclic) bond motifs is 1. The Kier molecular flexibility index (Phi) is 4.23. The Labute approximate surface area is 108 Å². The zero-order valence-electron chi connectivity index (χ0n) is 10.0. The standard InChI is InChI=1S/C12H17BN2OS/c1-17-6-2-5-15-11-4-3-9(13)7-10(11)14-12(15)8-16/h3-4,7,12,14,16H,2,5-6,8H2,1H3. The number of thioether (sulfide) groups is 1. The van der Waals surface area contributed by atoms with Gasteiger partial charge in [0.25, 0.3) is 0 Å². The predicted octanol–water partition coefficient (Wildman–Crippen LogP) is 0.784. The summed E-state index contributed by atoms with van der Waals surface area (Å²) in [5.74, 6) is 1.14. The minimum Gasteiger partial charge on any atom is -0.392 e. The maximum Gasteiger partial charge on any atom is 0.123 e. The lowest BCUT2D eigenvalue weighted by molar-refractivity contribution is 0.273. The van der Waals surface area contributed by atoms with Crippen LogP contribution in [0.4, 0.5) is 11.4 Å². The number of rotatable bonds is 5. The van der Waals surface area contributed by atoms with E-state index < -0.39 is 0 Å². The molecule has 2 N–H and O–H groups in total. The molecule has 1 aromatic carbocycles. The van der Waals surface area contributed by atoms with Crippen LogP contribution in [0.5, 0.6) is 0 Å². The molecule has 1 aliphatic rings. The average Bonchev–Trinajstić information content (AvgIpc) is 2.67. The third kappa shape index (κ3) is 2.72. The Morgan fingerprint density at radius 1 is 1.53 bits per heavy atom. The summed E-state index contributed by atoms with van der Waals surface area (Å²) in [4.78, 5) is 2.21. The molecule has 0 aromatic heterocycles. The van der Waals surface area contributed by atoms with Crippen molar-refractivity contribution in [2.24, 2.45) is 0 Å². The van der Waals surface area contributed by atoms with Gasteiger partial charge in [-0.25, -0.2) is 0 Å². The molecule has 5 heteroatoms. The first-order valence-corrected chi connectivity index (χ1v) is 7.18. The Morgan fingerprint density at radius 2 is 2.35 bits per heavy atom. The van der Waals surface area contributed by atoms with Crippen LogP contribution in [0.3, 0.4) is 0 Å². The minimum atomic E-state index is -0.0198. The van der Waals surface area contributed by atoms with Crippen LogP contribution in [0.1, 0.15) is 6.42 Å². The summed E-state index contributed by atoms with van der Waals surface area (Å²) in [7, 11) is 5.76. The van der Waals surface area contributed by atoms with Crippen LogP contribution in [0.2, 0.25) is 0 Å². The van der Waals surface area contributed by atoms with Crippen LogP contribution in [-0.4, -0.2) is 44.3 Å². The van der Waals surface area contributed by atoms with Gasteiger partial charge in [-0.2, -0.15) is 11.8 Å². The van der Waals surface area contributed by atoms with Gasteiger partial charge < -0.3 is 15.3 Å². The van der Waals surface area contributed by atoms with Crippen molar-refractivity contribution < 1.29 is 5.11 Å². The molecule has 0 spiro atoms. The highest BCUT2D eigenvalue weighted by Gasteiger charge is 2.27. The van der Waals surface area contributed by atoms with E-state index in [0.717, 1.165) is 35.6 Å². The summed E-state index contributed by atoms with van der Waals surface area (Å²) in [6, 6.07) is 5.85. The topological polar surface area (TPSA) is 35.5 Å². The molecule has 1 heterocycles. The third-order valence-corrected chi connectivity index (χ3v) is 3.65. The second-order valence-corrected chi connectivity index (χ2v) is 5.14. The molecule has 3 nitrogen and oxygen atoms in total. The van der Waals surface area contributed by atoms with Gasteiger partial charge in [-0.3, -0.25) is 0 Å². The van der Waals surface area contributed by atoms with Crippen LogP contribution in [0.25, 0.3) is 0 Å². The summed E-state index contributed by atoms with van der Waals surface area (Å²) in [5.41, 5.74) is 2.91. The van der Waals surface area contributed by atoms with Crippen molar-refractivity contribution in [3.8, 4) is 0 Å². The molecule has 0 saturated heterocycles. The molecule has 1 atom stereocenters. The van der Waals surface area contributed by atoms with Gasteiger partial charge in [-0.1, -0.05) is 11.5 Å². The molecule has 0 bridgehead atoms. The van der Waals surface area contributed by atoms with Crippen molar-refractivity contribution in [2.75, 3.05) is 35.4 Å². The largest absolute Gasteiger partial charge is 0.392 e. The highest BCUT2D eigenvalue weighted by Crippen LogP contribution is 2.33. The molecule has 0 aliphatic carbocycles. The van der Waals surface area contributed by atoms with Crippen LogP contribution >= 0.6 is 11.8 Å². The lowest BCUT2D eigenvalue weighted by Crippen LogP contribution is -2.39. The zero-order valence-corrected chi connectivity index (χ0v) is 10.8. The van der Waals surface area contributed by atoms with Crippen LogP contribution in [0.15, 0.2) is 18.2 Å². The maximum absolute atomic E-state index is 9.39. The van der Waals surface area contributed by atoms with E-state index in [2.05, 4.69) is 16.5 Å². The highest BCUT2D eigenvalue weighted by atomic mass is 32.2. The maximum atomic E-state index is 9.39. The number of nitrogens with one attached hydrogen (secondary N) is 1. The molecule has 2 rings (SSSR count). The molecule has 0 fully saturated rings. The van der Waals surface area contributed by atoms with E-state index in [1.807, 2.05) is 30.0 Å². The SMILES string of the molecule is [B]c1ccc2c(c1)NC(CO)N2CCCSC. The van der Waals surface area contributed by atoms with E-state index >= 15 is 0 Å². The Bertz CT molecular complexity index is 389. The molecule has 90 valence electrons. The van der Waals surface area contributed by atoms with Gasteiger partial charge in [-0.05, 0) is 30.6 Å². The van der Waals surface area contributed by atoms with Crippen LogP contribution in [0, 0.1) is 0 Å². The van der Waals surface area contributed by atoms with E-state index in [-0.39, 0.29) is 12.8 Å². The second kappa shape index (κ2) is 5.69. The van der Waals surface area contributed by atoms with E-state index in [4.69, 9.17) is 7.85 Å². The number of anilines is 2. The summed E-state index contributed by atoms with van der Waals surface area (Å²) in [6.45, 7) is 1.06. The molecule has 1 unspecified atom stereocenters. The van der Waals surface area contributed by atoms with Crippen molar-refractivity contribution in [1.29, 1.82) is 0 Å². The van der Waals surface area contributed by atoms with E-state index in [0.29, 0.717) is 0 Å². The fraction of sp³-hybridized carbons (Fsp3) is 0.500. The number of nitrogens with zero attached hydrogens (tertiary/aromatic N) is 1. The summed E-state index contributed by atoms with van der Waals surface area (Å²) in [6.07, 6.45) is 3.21. The first-order valence-electron chi connectivity index (χ1n) is 5.78. The van der Waals surface area contributed by atoms with E-state index in [9.17, 15) is 5.11 Å². The quantitative estimate of drug-likeness (QED) is 0.596. The van der Waals surface area contributed by atoms with Crippen LogP contribution < -0.4 is 15.7 Å². The van der Waals surface area contributed by atoms with Gasteiger partial charge in [0, 0.05) is 6.54 Å². The van der Waals surface area contributed by atoms with Crippen molar-refractivity contribution in [3.63, 3.8) is 0 Å². The summed E-state index contributed by atoms with van der Waals surface area (Å²) < 4.78 is 0. The van der Waals surface area contributed by atoms with E-state index in [1.54, 1.807) is 0 Å². The first-order chi connectivity index (χ1) is 8.26. The molecular weight excluding hydrogens is 231 g/mol. The number of hydrogen-bond donors (Lipinski definition) is 2. The molecule has 0 saturated carbocycles. The monoisotopic (exact) mass is 248 g/mol. The average molecular weight is 248 g/mol. The Hall–Kier alpha value is -0.805. The summed E-state index contributed by atoms with van der Waals surface area (Å²) in [5, 5.41) is 12.7. The van der Waals surface area contributed by atoms with Crippen molar-refractivity contribution in [1.82, 2.24) is 0 Å². The number of aliphatic hydroxyl groups is 1. The molecule has 17 heavy (non-hydrogen) atoms. The van der Waals surface area contributed by atoms with Crippen molar-refractivity contribution in [3.05, 3.63) is 18.2 Å². The Balaban J connectivity index is 2.13. The highest BCUT2D eigenvalue weighted by molar-refractivity contribution is 7.98. The fourth-order valence-electron chi connectivity index (χ4n) is 2.14.